The zero-order chi connectivity index (χ0) is 11.1. The van der Waals surface area contributed by atoms with Crippen molar-refractivity contribution < 1.29 is 9.53 Å². The topological polar surface area (TPSA) is 52.3 Å². The second kappa shape index (κ2) is 5.98. The molecular weight excluding hydrogens is 190 g/mol. The lowest BCUT2D eigenvalue weighted by molar-refractivity contribution is -0.146. The summed E-state index contributed by atoms with van der Waals surface area (Å²) in [6, 6.07) is 8.89. The van der Waals surface area contributed by atoms with Gasteiger partial charge in [0.1, 0.15) is 12.6 Å². The van der Waals surface area contributed by atoms with Crippen LogP contribution in [-0.2, 0) is 16.1 Å². The fourth-order valence-electron chi connectivity index (χ4n) is 1.11. The Morgan fingerprint density at radius 1 is 1.47 bits per heavy atom. The fourth-order valence-corrected chi connectivity index (χ4v) is 1.11. The molecule has 0 aromatic heterocycles. The van der Waals surface area contributed by atoms with Crippen molar-refractivity contribution in [2.75, 3.05) is 0 Å². The van der Waals surface area contributed by atoms with Crippen molar-refractivity contribution in [1.29, 1.82) is 0 Å². The Labute approximate surface area is 89.5 Å². The van der Waals surface area contributed by atoms with Crippen LogP contribution < -0.4 is 5.73 Å². The second-order valence-corrected chi connectivity index (χ2v) is 3.22. The second-order valence-electron chi connectivity index (χ2n) is 3.22. The molecule has 0 fully saturated rings. The molecule has 0 saturated carbocycles. The van der Waals surface area contributed by atoms with E-state index in [9.17, 15) is 4.79 Å². The highest BCUT2D eigenvalue weighted by molar-refractivity contribution is 5.75. The number of rotatable bonds is 5. The quantitative estimate of drug-likeness (QED) is 0.587. The lowest BCUT2D eigenvalue weighted by atomic mass is 10.2. The molecular formula is C12H15NO2. The van der Waals surface area contributed by atoms with E-state index >= 15 is 0 Å². The molecule has 1 unspecified atom stereocenters. The van der Waals surface area contributed by atoms with Gasteiger partial charge < -0.3 is 10.5 Å². The van der Waals surface area contributed by atoms with Gasteiger partial charge in [0.05, 0.1) is 0 Å². The molecule has 1 aromatic rings. The molecule has 15 heavy (non-hydrogen) atoms. The van der Waals surface area contributed by atoms with Gasteiger partial charge >= 0.3 is 5.97 Å². The van der Waals surface area contributed by atoms with Gasteiger partial charge in [-0.2, -0.15) is 0 Å². The predicted molar refractivity (Wildman–Crippen MR) is 59.0 cm³/mol. The molecule has 3 nitrogen and oxygen atoms in total. The fraction of sp³-hybridized carbons (Fsp3) is 0.250. The molecule has 80 valence electrons. The van der Waals surface area contributed by atoms with Crippen molar-refractivity contribution in [2.24, 2.45) is 5.73 Å². The van der Waals surface area contributed by atoms with Crippen LogP contribution in [0.3, 0.4) is 0 Å². The van der Waals surface area contributed by atoms with E-state index in [1.54, 1.807) is 6.08 Å². The summed E-state index contributed by atoms with van der Waals surface area (Å²) in [5, 5.41) is 0. The van der Waals surface area contributed by atoms with E-state index in [1.807, 2.05) is 30.3 Å². The number of hydrogen-bond donors (Lipinski definition) is 1. The first-order valence-corrected chi connectivity index (χ1v) is 4.81. The molecule has 0 radical (unpaired) electrons. The highest BCUT2D eigenvalue weighted by Gasteiger charge is 2.12. The van der Waals surface area contributed by atoms with Crippen LogP contribution in [0.4, 0.5) is 0 Å². The smallest absolute Gasteiger partial charge is 0.323 e. The minimum Gasteiger partial charge on any atom is -0.460 e. The lowest BCUT2D eigenvalue weighted by Gasteiger charge is -2.09. The number of hydrogen-bond acceptors (Lipinski definition) is 3. The van der Waals surface area contributed by atoms with Crippen molar-refractivity contribution >= 4 is 5.97 Å². The molecule has 0 aliphatic heterocycles. The van der Waals surface area contributed by atoms with Crippen molar-refractivity contribution in [3.63, 3.8) is 0 Å². The van der Waals surface area contributed by atoms with Crippen molar-refractivity contribution in [3.05, 3.63) is 48.6 Å². The Morgan fingerprint density at radius 3 is 2.73 bits per heavy atom. The summed E-state index contributed by atoms with van der Waals surface area (Å²) in [5.74, 6) is -0.390. The number of esters is 1. The number of benzene rings is 1. The van der Waals surface area contributed by atoms with Gasteiger partial charge in [-0.05, 0) is 12.0 Å². The van der Waals surface area contributed by atoms with E-state index in [1.165, 1.54) is 0 Å². The molecule has 1 aromatic carbocycles. The van der Waals surface area contributed by atoms with Gasteiger partial charge in [0.15, 0.2) is 0 Å². The van der Waals surface area contributed by atoms with E-state index in [4.69, 9.17) is 10.5 Å². The van der Waals surface area contributed by atoms with Crippen LogP contribution in [-0.4, -0.2) is 12.0 Å². The van der Waals surface area contributed by atoms with Crippen LogP contribution in [0, 0.1) is 0 Å². The maximum Gasteiger partial charge on any atom is 0.323 e. The normalized spacial score (nSPS) is 11.8. The van der Waals surface area contributed by atoms with Gasteiger partial charge in [-0.3, -0.25) is 4.79 Å². The molecule has 0 heterocycles. The summed E-state index contributed by atoms with van der Waals surface area (Å²) in [4.78, 5) is 11.3. The molecule has 0 saturated heterocycles. The standard InChI is InChI=1S/C12H15NO2/c1-2-6-11(13)12(14)15-9-10-7-4-3-5-8-10/h2-5,7-8,11H,1,6,9,13H2. The van der Waals surface area contributed by atoms with Crippen LogP contribution in [0.25, 0.3) is 0 Å². The first-order chi connectivity index (χ1) is 7.24. The molecule has 2 N–H and O–H groups in total. The summed E-state index contributed by atoms with van der Waals surface area (Å²) in [5.41, 5.74) is 6.50. The van der Waals surface area contributed by atoms with Crippen molar-refractivity contribution in [1.82, 2.24) is 0 Å². The minimum atomic E-state index is -0.605. The van der Waals surface area contributed by atoms with Gasteiger partial charge in [-0.15, -0.1) is 6.58 Å². The number of carbonyl (C=O) groups is 1. The molecule has 0 aliphatic rings. The minimum absolute atomic E-state index is 0.268. The van der Waals surface area contributed by atoms with Crippen LogP contribution in [0.2, 0.25) is 0 Å². The summed E-state index contributed by atoms with van der Waals surface area (Å²) < 4.78 is 5.03. The van der Waals surface area contributed by atoms with Gasteiger partial charge in [0.2, 0.25) is 0 Å². The first kappa shape index (κ1) is 11.5. The summed E-state index contributed by atoms with van der Waals surface area (Å²) in [6.45, 7) is 3.78. The number of carbonyl (C=O) groups excluding carboxylic acids is 1. The van der Waals surface area contributed by atoms with Gasteiger partial charge in [-0.1, -0.05) is 36.4 Å². The third-order valence-electron chi connectivity index (χ3n) is 1.95. The number of ether oxygens (including phenoxy) is 1. The van der Waals surface area contributed by atoms with Gasteiger partial charge in [0.25, 0.3) is 0 Å². The third-order valence-corrected chi connectivity index (χ3v) is 1.95. The Morgan fingerprint density at radius 2 is 2.13 bits per heavy atom. The lowest BCUT2D eigenvalue weighted by Crippen LogP contribution is -2.31. The highest BCUT2D eigenvalue weighted by atomic mass is 16.5. The maximum atomic E-state index is 11.3. The Bertz CT molecular complexity index is 322. The zero-order valence-electron chi connectivity index (χ0n) is 8.56. The Balaban J connectivity index is 2.37. The monoisotopic (exact) mass is 205 g/mol. The van der Waals surface area contributed by atoms with Crippen LogP contribution in [0.1, 0.15) is 12.0 Å². The summed E-state index contributed by atoms with van der Waals surface area (Å²) in [6.07, 6.45) is 2.04. The molecule has 3 heteroatoms. The van der Waals surface area contributed by atoms with Crippen molar-refractivity contribution in [2.45, 2.75) is 19.1 Å². The molecule has 1 atom stereocenters. The Hall–Kier alpha value is -1.61. The first-order valence-electron chi connectivity index (χ1n) is 4.81. The summed E-state index contributed by atoms with van der Waals surface area (Å²) in [7, 11) is 0. The highest BCUT2D eigenvalue weighted by Crippen LogP contribution is 2.02. The molecule has 0 amide bonds. The number of nitrogens with two attached hydrogens (primary N) is 1. The molecule has 0 aliphatic carbocycles. The molecule has 0 bridgehead atoms. The average Bonchev–Trinajstić information content (AvgIpc) is 2.27. The largest absolute Gasteiger partial charge is 0.460 e. The van der Waals surface area contributed by atoms with Crippen LogP contribution >= 0.6 is 0 Å². The molecule has 1 rings (SSSR count). The van der Waals surface area contributed by atoms with Crippen LogP contribution in [0.5, 0.6) is 0 Å². The van der Waals surface area contributed by atoms with Gasteiger partial charge in [-0.25, -0.2) is 0 Å². The van der Waals surface area contributed by atoms with E-state index in [0.29, 0.717) is 6.42 Å². The SMILES string of the molecule is C=CCC(N)C(=O)OCc1ccccc1. The van der Waals surface area contributed by atoms with E-state index < -0.39 is 12.0 Å². The van der Waals surface area contributed by atoms with E-state index in [-0.39, 0.29) is 6.61 Å². The third kappa shape index (κ3) is 3.95. The predicted octanol–water partition coefficient (Wildman–Crippen LogP) is 1.63. The Kier molecular flexibility index (Phi) is 4.57. The van der Waals surface area contributed by atoms with Crippen LogP contribution in [0.15, 0.2) is 43.0 Å². The van der Waals surface area contributed by atoms with Crippen molar-refractivity contribution in [3.8, 4) is 0 Å². The van der Waals surface area contributed by atoms with E-state index in [0.717, 1.165) is 5.56 Å². The zero-order valence-corrected chi connectivity index (χ0v) is 8.56. The summed E-state index contributed by atoms with van der Waals surface area (Å²) >= 11 is 0. The molecule has 0 spiro atoms. The average molecular weight is 205 g/mol. The van der Waals surface area contributed by atoms with Gasteiger partial charge in [0, 0.05) is 0 Å². The van der Waals surface area contributed by atoms with E-state index in [2.05, 4.69) is 6.58 Å². The maximum absolute atomic E-state index is 11.3.